The Morgan fingerprint density at radius 1 is 0.875 bits per heavy atom. The maximum absolute atomic E-state index is 12.6. The van der Waals surface area contributed by atoms with Crippen molar-refractivity contribution in [2.45, 2.75) is 63.7 Å². The van der Waals surface area contributed by atoms with Crippen molar-refractivity contribution in [3.05, 3.63) is 0 Å². The summed E-state index contributed by atoms with van der Waals surface area (Å²) in [6.45, 7) is 3.73. The molecule has 0 bridgehead atoms. The first kappa shape index (κ1) is 29.1. The zero-order valence-electron chi connectivity index (χ0n) is 17.9. The van der Waals surface area contributed by atoms with Gasteiger partial charge in [-0.1, -0.05) is 13.8 Å². The van der Waals surface area contributed by atoms with Crippen LogP contribution >= 0.6 is 12.6 Å². The van der Waals surface area contributed by atoms with Gasteiger partial charge in [-0.3, -0.25) is 24.0 Å². The van der Waals surface area contributed by atoms with Crippen LogP contribution in [0.1, 0.15) is 39.5 Å². The number of hydrogen-bond acceptors (Lipinski definition) is 8. The quantitative estimate of drug-likeness (QED) is 0.117. The molecule has 4 amide bonds. The van der Waals surface area contributed by atoms with E-state index >= 15 is 0 Å². The summed E-state index contributed by atoms with van der Waals surface area (Å²) in [6.07, 6.45) is -1.24. The van der Waals surface area contributed by atoms with E-state index in [2.05, 4.69) is 23.3 Å². The number of primary amides is 1. The molecule has 0 aliphatic heterocycles. The average Bonchev–Trinajstić information content (AvgIpc) is 2.66. The Balaban J connectivity index is 5.35. The summed E-state index contributed by atoms with van der Waals surface area (Å²) in [5, 5.41) is 24.7. The SMILES string of the molecule is CC(C)CC(N)C(=O)NC(CS)C(=O)NC(CCC(=O)O)C(=O)NC(CC(N)=O)C(=O)O. The first-order chi connectivity index (χ1) is 14.8. The van der Waals surface area contributed by atoms with E-state index < -0.39 is 72.6 Å². The highest BCUT2D eigenvalue weighted by atomic mass is 32.1. The number of hydrogen-bond donors (Lipinski definition) is 8. The van der Waals surface area contributed by atoms with Crippen LogP contribution in [0.5, 0.6) is 0 Å². The van der Waals surface area contributed by atoms with E-state index in [-0.39, 0.29) is 18.1 Å². The van der Waals surface area contributed by atoms with E-state index in [0.29, 0.717) is 6.42 Å². The summed E-state index contributed by atoms with van der Waals surface area (Å²) in [5.74, 6) is -6.30. The number of amides is 4. The highest BCUT2D eigenvalue weighted by Gasteiger charge is 2.30. The number of carbonyl (C=O) groups excluding carboxylic acids is 4. The van der Waals surface area contributed by atoms with Gasteiger partial charge in [0.15, 0.2) is 0 Å². The summed E-state index contributed by atoms with van der Waals surface area (Å²) in [4.78, 5) is 70.4. The lowest BCUT2D eigenvalue weighted by atomic mass is 10.0. The molecule has 4 unspecified atom stereocenters. The monoisotopic (exact) mass is 477 g/mol. The molecule has 0 aliphatic carbocycles. The highest BCUT2D eigenvalue weighted by Crippen LogP contribution is 2.05. The van der Waals surface area contributed by atoms with Crippen molar-refractivity contribution in [1.82, 2.24) is 16.0 Å². The molecule has 0 saturated heterocycles. The molecule has 0 aromatic heterocycles. The molecule has 182 valence electrons. The van der Waals surface area contributed by atoms with Crippen LogP contribution < -0.4 is 27.4 Å². The molecule has 13 nitrogen and oxygen atoms in total. The smallest absolute Gasteiger partial charge is 0.326 e. The van der Waals surface area contributed by atoms with Gasteiger partial charge in [0.05, 0.1) is 12.5 Å². The van der Waals surface area contributed by atoms with Crippen LogP contribution in [0.15, 0.2) is 0 Å². The Morgan fingerprint density at radius 3 is 1.81 bits per heavy atom. The largest absolute Gasteiger partial charge is 0.481 e. The molecule has 0 fully saturated rings. The molecule has 0 rings (SSSR count). The van der Waals surface area contributed by atoms with Gasteiger partial charge in [0.25, 0.3) is 0 Å². The zero-order valence-corrected chi connectivity index (χ0v) is 18.8. The van der Waals surface area contributed by atoms with E-state index in [4.69, 9.17) is 21.7 Å². The van der Waals surface area contributed by atoms with E-state index in [1.165, 1.54) is 0 Å². The molecule has 32 heavy (non-hydrogen) atoms. The van der Waals surface area contributed by atoms with Crippen LogP contribution in [0.3, 0.4) is 0 Å². The lowest BCUT2D eigenvalue weighted by Crippen LogP contribution is -2.58. The van der Waals surface area contributed by atoms with Crippen LogP contribution in [0.4, 0.5) is 0 Å². The third kappa shape index (κ3) is 11.5. The minimum absolute atomic E-state index is 0.130. The molecule has 0 radical (unpaired) electrons. The number of nitrogens with two attached hydrogens (primary N) is 2. The first-order valence-corrected chi connectivity index (χ1v) is 10.4. The van der Waals surface area contributed by atoms with Crippen molar-refractivity contribution in [3.63, 3.8) is 0 Å². The Bertz CT molecular complexity index is 717. The van der Waals surface area contributed by atoms with Crippen LogP contribution in [0.2, 0.25) is 0 Å². The number of carbonyl (C=O) groups is 6. The van der Waals surface area contributed by atoms with E-state index in [1.807, 2.05) is 19.2 Å². The molecule has 0 aromatic carbocycles. The average molecular weight is 478 g/mol. The molecule has 0 saturated carbocycles. The number of rotatable bonds is 15. The third-order valence-electron chi connectivity index (χ3n) is 4.18. The normalized spacial score (nSPS) is 14.5. The predicted molar refractivity (Wildman–Crippen MR) is 115 cm³/mol. The van der Waals surface area contributed by atoms with Crippen molar-refractivity contribution < 1.29 is 39.0 Å². The molecular formula is C18H31N5O8S. The molecule has 0 aliphatic rings. The van der Waals surface area contributed by atoms with Crippen molar-refractivity contribution in [1.29, 1.82) is 0 Å². The molecule has 14 heteroatoms. The fourth-order valence-corrected chi connectivity index (χ4v) is 2.83. The topological polar surface area (TPSA) is 231 Å². The zero-order chi connectivity index (χ0) is 25.0. The van der Waals surface area contributed by atoms with E-state index in [1.54, 1.807) is 0 Å². The van der Waals surface area contributed by atoms with Gasteiger partial charge in [0.2, 0.25) is 23.6 Å². The first-order valence-electron chi connectivity index (χ1n) is 9.78. The van der Waals surface area contributed by atoms with Crippen molar-refractivity contribution in [3.8, 4) is 0 Å². The second-order valence-corrected chi connectivity index (χ2v) is 7.91. The van der Waals surface area contributed by atoms with Gasteiger partial charge in [-0.15, -0.1) is 0 Å². The number of aliphatic carboxylic acids is 2. The Morgan fingerprint density at radius 2 is 1.38 bits per heavy atom. The standard InChI is InChI=1S/C18H31N5O8S/c1-8(2)5-9(19)15(27)23-12(7-32)17(29)21-10(3-4-14(25)26)16(28)22-11(18(30)31)6-13(20)24/h8-12,32H,3-7,19H2,1-2H3,(H2,20,24)(H,21,29)(H,22,28)(H,23,27)(H,25,26)(H,30,31). The molecule has 4 atom stereocenters. The van der Waals surface area contributed by atoms with Crippen molar-refractivity contribution >= 4 is 48.2 Å². The van der Waals surface area contributed by atoms with Gasteiger partial charge in [-0.2, -0.15) is 12.6 Å². The molecule has 0 spiro atoms. The number of thiol groups is 1. The number of nitrogens with one attached hydrogen (secondary N) is 3. The predicted octanol–water partition coefficient (Wildman–Crippen LogP) is -2.43. The maximum Gasteiger partial charge on any atom is 0.326 e. The van der Waals surface area contributed by atoms with Gasteiger partial charge in [-0.25, -0.2) is 4.79 Å². The second kappa shape index (κ2) is 14.2. The second-order valence-electron chi connectivity index (χ2n) is 7.54. The van der Waals surface area contributed by atoms with Crippen LogP contribution in [-0.4, -0.2) is 75.7 Å². The molecule has 0 heterocycles. The Labute approximate surface area is 190 Å². The minimum Gasteiger partial charge on any atom is -0.481 e. The maximum atomic E-state index is 12.6. The van der Waals surface area contributed by atoms with E-state index in [0.717, 1.165) is 0 Å². The number of carboxylic acids is 2. The fourth-order valence-electron chi connectivity index (χ4n) is 2.57. The number of carboxylic acid groups (broad SMARTS) is 2. The van der Waals surface area contributed by atoms with Gasteiger partial charge < -0.3 is 37.6 Å². The summed E-state index contributed by atoms with van der Waals surface area (Å²) in [6, 6.07) is -5.19. The van der Waals surface area contributed by atoms with Gasteiger partial charge in [-0.05, 0) is 18.8 Å². The summed E-state index contributed by atoms with van der Waals surface area (Å²) in [7, 11) is 0. The van der Waals surface area contributed by atoms with Crippen molar-refractivity contribution in [2.24, 2.45) is 17.4 Å². The van der Waals surface area contributed by atoms with Crippen molar-refractivity contribution in [2.75, 3.05) is 5.75 Å². The summed E-state index contributed by atoms with van der Waals surface area (Å²) < 4.78 is 0. The van der Waals surface area contributed by atoms with Gasteiger partial charge >= 0.3 is 11.9 Å². The van der Waals surface area contributed by atoms with Gasteiger partial charge in [0.1, 0.15) is 18.1 Å². The third-order valence-corrected chi connectivity index (χ3v) is 4.54. The lowest BCUT2D eigenvalue weighted by molar-refractivity contribution is -0.144. The van der Waals surface area contributed by atoms with Crippen LogP contribution in [-0.2, 0) is 28.8 Å². The van der Waals surface area contributed by atoms with Crippen LogP contribution in [0, 0.1) is 5.92 Å². The Kier molecular flexibility index (Phi) is 13.0. The lowest BCUT2D eigenvalue weighted by Gasteiger charge is -2.24. The minimum atomic E-state index is -1.67. The molecule has 9 N–H and O–H groups in total. The summed E-state index contributed by atoms with van der Waals surface area (Å²) >= 11 is 4.01. The highest BCUT2D eigenvalue weighted by molar-refractivity contribution is 7.80. The van der Waals surface area contributed by atoms with E-state index in [9.17, 15) is 28.8 Å². The molecule has 0 aromatic rings. The van der Waals surface area contributed by atoms with Crippen LogP contribution in [0.25, 0.3) is 0 Å². The fraction of sp³-hybridized carbons (Fsp3) is 0.667. The van der Waals surface area contributed by atoms with Gasteiger partial charge in [0, 0.05) is 12.2 Å². The summed E-state index contributed by atoms with van der Waals surface area (Å²) in [5.41, 5.74) is 10.7. The Hall–Kier alpha value is -2.87. The molecular weight excluding hydrogens is 446 g/mol.